The quantitative estimate of drug-likeness (QED) is 0.482. The molecule has 0 saturated heterocycles. The molecule has 0 spiro atoms. The van der Waals surface area contributed by atoms with E-state index in [2.05, 4.69) is 4.40 Å². The smallest absolute Gasteiger partial charge is 0.256 e. The molecular weight excluding hydrogens is 190 g/mol. The Morgan fingerprint density at radius 2 is 2.08 bits per heavy atom. The van der Waals surface area contributed by atoms with E-state index in [1.807, 2.05) is 12.2 Å². The third-order valence-corrected chi connectivity index (χ3v) is 5.00. The zero-order chi connectivity index (χ0) is 9.22. The number of allylic oxidation sites excluding steroid dienone is 2. The number of nitrogens with zero attached hydrogens (tertiary/aromatic N) is 1. The van der Waals surface area contributed by atoms with Crippen molar-refractivity contribution in [1.82, 2.24) is 0 Å². The van der Waals surface area contributed by atoms with Crippen molar-refractivity contribution in [3.05, 3.63) is 12.2 Å². The summed E-state index contributed by atoms with van der Waals surface area (Å²) in [6, 6.07) is 0. The number of fused-ring (bicyclic) bond motifs is 5. The fourth-order valence-corrected chi connectivity index (χ4v) is 4.58. The number of hydrogen-bond acceptors (Lipinski definition) is 3. The van der Waals surface area contributed by atoms with E-state index in [1.54, 1.807) is 0 Å². The second-order valence-electron chi connectivity index (χ2n) is 3.88. The Labute approximate surface area is 76.0 Å². The van der Waals surface area contributed by atoms with Crippen molar-refractivity contribution in [2.24, 2.45) is 22.2 Å². The molecule has 5 heteroatoms. The van der Waals surface area contributed by atoms with Crippen molar-refractivity contribution in [3.63, 3.8) is 0 Å². The molecule has 0 radical (unpaired) electrons. The molecule has 0 amide bonds. The highest BCUT2D eigenvalue weighted by molar-refractivity contribution is 7.91. The fourth-order valence-electron chi connectivity index (χ4n) is 2.75. The van der Waals surface area contributed by atoms with Gasteiger partial charge in [0.25, 0.3) is 10.0 Å². The lowest BCUT2D eigenvalue weighted by atomic mass is 9.93. The van der Waals surface area contributed by atoms with Crippen LogP contribution in [-0.4, -0.2) is 19.6 Å². The number of hydrogen-bond donors (Lipinski definition) is 0. The molecule has 0 aromatic rings. The first-order valence-electron chi connectivity index (χ1n) is 4.28. The Kier molecular flexibility index (Phi) is 1.15. The van der Waals surface area contributed by atoms with Crippen LogP contribution in [-0.2, 0) is 10.0 Å². The number of sulfonamides is 1. The summed E-state index contributed by atoms with van der Waals surface area (Å²) in [4.78, 5) is 0. The van der Waals surface area contributed by atoms with Gasteiger partial charge in [-0.2, -0.15) is 4.40 Å². The van der Waals surface area contributed by atoms with Crippen molar-refractivity contribution >= 4 is 15.9 Å². The molecule has 0 N–H and O–H groups in total. The molecule has 4 nitrogen and oxygen atoms in total. The first kappa shape index (κ1) is 7.55. The standard InChI is InChI=1S/C8H9NO3S/c10-8-6-4-1-2-5(3-4)7(6)13(11,12)9-8/h1-2,4-7H,3H2,(H,9,10)/p-1. The van der Waals surface area contributed by atoms with Crippen molar-refractivity contribution < 1.29 is 13.5 Å². The summed E-state index contributed by atoms with van der Waals surface area (Å²) in [7, 11) is -3.48. The summed E-state index contributed by atoms with van der Waals surface area (Å²) in [6.45, 7) is 0. The molecule has 1 saturated carbocycles. The van der Waals surface area contributed by atoms with E-state index in [0.717, 1.165) is 6.42 Å². The minimum absolute atomic E-state index is 0.0372. The Hall–Kier alpha value is -0.840. The largest absolute Gasteiger partial charge is 0.861 e. The Morgan fingerprint density at radius 1 is 1.38 bits per heavy atom. The average molecular weight is 198 g/mol. The van der Waals surface area contributed by atoms with Crippen LogP contribution < -0.4 is 5.11 Å². The predicted molar refractivity (Wildman–Crippen MR) is 44.4 cm³/mol. The van der Waals surface area contributed by atoms with Crippen LogP contribution in [0.15, 0.2) is 16.5 Å². The Bertz CT molecular complexity index is 423. The van der Waals surface area contributed by atoms with Crippen LogP contribution in [0.2, 0.25) is 0 Å². The summed E-state index contributed by atoms with van der Waals surface area (Å²) in [5.74, 6) is -0.624. The maximum atomic E-state index is 11.4. The predicted octanol–water partition coefficient (Wildman–Crippen LogP) is -0.721. The topological polar surface area (TPSA) is 69.6 Å². The summed E-state index contributed by atoms with van der Waals surface area (Å²) in [6.07, 6.45) is 4.69. The molecule has 2 bridgehead atoms. The van der Waals surface area contributed by atoms with Crippen LogP contribution in [0.4, 0.5) is 0 Å². The molecule has 13 heavy (non-hydrogen) atoms. The highest BCUT2D eigenvalue weighted by atomic mass is 32.2. The van der Waals surface area contributed by atoms with Crippen LogP contribution >= 0.6 is 0 Å². The summed E-state index contributed by atoms with van der Waals surface area (Å²) in [5.41, 5.74) is 0. The Balaban J connectivity index is 2.18. The fraction of sp³-hybridized carbons (Fsp3) is 0.625. The first-order valence-corrected chi connectivity index (χ1v) is 5.79. The highest BCUT2D eigenvalue weighted by Gasteiger charge is 2.54. The van der Waals surface area contributed by atoms with Gasteiger partial charge in [-0.3, -0.25) is 0 Å². The maximum Gasteiger partial charge on any atom is 0.256 e. The maximum absolute atomic E-state index is 11.4. The van der Waals surface area contributed by atoms with Gasteiger partial charge in [-0.25, -0.2) is 8.42 Å². The molecule has 4 atom stereocenters. The summed E-state index contributed by atoms with van der Waals surface area (Å²) in [5, 5.41) is 10.7. The van der Waals surface area contributed by atoms with Gasteiger partial charge in [0.05, 0.1) is 5.25 Å². The van der Waals surface area contributed by atoms with Crippen molar-refractivity contribution in [3.8, 4) is 0 Å². The molecule has 1 fully saturated rings. The van der Waals surface area contributed by atoms with Gasteiger partial charge in [0, 0.05) is 5.92 Å². The average Bonchev–Trinajstić information content (AvgIpc) is 2.63. The van der Waals surface area contributed by atoms with Gasteiger partial charge in [0.15, 0.2) is 0 Å². The molecule has 1 heterocycles. The van der Waals surface area contributed by atoms with Gasteiger partial charge in [0.1, 0.15) is 0 Å². The van der Waals surface area contributed by atoms with E-state index in [4.69, 9.17) is 0 Å². The van der Waals surface area contributed by atoms with Crippen LogP contribution in [0.3, 0.4) is 0 Å². The van der Waals surface area contributed by atoms with E-state index in [0.29, 0.717) is 0 Å². The molecule has 1 aliphatic heterocycles. The second kappa shape index (κ2) is 1.97. The molecule has 4 unspecified atom stereocenters. The molecule has 2 aliphatic carbocycles. The van der Waals surface area contributed by atoms with Gasteiger partial charge in [-0.15, -0.1) is 0 Å². The SMILES string of the molecule is O=S1(=O)N=C([O-])C2C3C=CC(C3)C21. The van der Waals surface area contributed by atoms with E-state index in [9.17, 15) is 13.5 Å². The molecule has 70 valence electrons. The summed E-state index contributed by atoms with van der Waals surface area (Å²) < 4.78 is 26.1. The lowest BCUT2D eigenvalue weighted by Gasteiger charge is -2.22. The lowest BCUT2D eigenvalue weighted by Crippen LogP contribution is -2.35. The van der Waals surface area contributed by atoms with Crippen molar-refractivity contribution in [2.45, 2.75) is 11.7 Å². The molecule has 3 aliphatic rings. The second-order valence-corrected chi connectivity index (χ2v) is 5.64. The van der Waals surface area contributed by atoms with Gasteiger partial charge in [0.2, 0.25) is 0 Å². The van der Waals surface area contributed by atoms with Gasteiger partial charge < -0.3 is 5.11 Å². The van der Waals surface area contributed by atoms with Crippen molar-refractivity contribution in [1.29, 1.82) is 0 Å². The lowest BCUT2D eigenvalue weighted by molar-refractivity contribution is -0.223. The zero-order valence-corrected chi connectivity index (χ0v) is 7.57. The molecule has 0 aromatic carbocycles. The minimum Gasteiger partial charge on any atom is -0.861 e. The normalized spacial score (nSPS) is 49.4. The van der Waals surface area contributed by atoms with Gasteiger partial charge in [-0.05, 0) is 24.2 Å². The Morgan fingerprint density at radius 3 is 2.77 bits per heavy atom. The van der Waals surface area contributed by atoms with E-state index in [1.165, 1.54) is 0 Å². The van der Waals surface area contributed by atoms with Crippen molar-refractivity contribution in [2.75, 3.05) is 0 Å². The van der Waals surface area contributed by atoms with E-state index >= 15 is 0 Å². The van der Waals surface area contributed by atoms with E-state index in [-0.39, 0.29) is 17.8 Å². The first-order chi connectivity index (χ1) is 6.09. The monoisotopic (exact) mass is 198 g/mol. The van der Waals surface area contributed by atoms with Gasteiger partial charge in [-0.1, -0.05) is 12.2 Å². The molecule has 3 rings (SSSR count). The van der Waals surface area contributed by atoms with Crippen LogP contribution in [0.5, 0.6) is 0 Å². The van der Waals surface area contributed by atoms with Crippen LogP contribution in [0.1, 0.15) is 6.42 Å². The summed E-state index contributed by atoms with van der Waals surface area (Å²) >= 11 is 0. The molecular formula is C8H8NO3S-. The van der Waals surface area contributed by atoms with Crippen LogP contribution in [0.25, 0.3) is 0 Å². The van der Waals surface area contributed by atoms with Gasteiger partial charge >= 0.3 is 0 Å². The van der Waals surface area contributed by atoms with Crippen LogP contribution in [0, 0.1) is 17.8 Å². The molecule has 0 aromatic heterocycles. The third kappa shape index (κ3) is 0.757. The highest BCUT2D eigenvalue weighted by Crippen LogP contribution is 2.49. The number of rotatable bonds is 0. The minimum atomic E-state index is -3.48. The van der Waals surface area contributed by atoms with E-state index < -0.39 is 21.2 Å². The third-order valence-electron chi connectivity index (χ3n) is 3.23. The zero-order valence-electron chi connectivity index (χ0n) is 6.75.